The molecule has 0 heterocycles. The van der Waals surface area contributed by atoms with Gasteiger partial charge in [-0.05, 0) is 61.1 Å². The molecule has 0 aromatic heterocycles. The van der Waals surface area contributed by atoms with Crippen molar-refractivity contribution in [3.05, 3.63) is 59.9 Å². The van der Waals surface area contributed by atoms with Crippen LogP contribution in [0.25, 0.3) is 0 Å². The average molecular weight is 304 g/mol. The molecule has 1 unspecified atom stereocenters. The van der Waals surface area contributed by atoms with E-state index < -0.39 is 0 Å². The van der Waals surface area contributed by atoms with E-state index in [-0.39, 0.29) is 11.9 Å². The molecule has 0 saturated carbocycles. The van der Waals surface area contributed by atoms with Crippen molar-refractivity contribution in [2.45, 2.75) is 13.0 Å². The SMILES string of the molecule is COc1cccc(C(C)NC(=S)Nc2ccc(F)cc2)c1. The molecule has 2 rings (SSSR count). The summed E-state index contributed by atoms with van der Waals surface area (Å²) in [6, 6.07) is 13.9. The molecule has 0 aliphatic carbocycles. The van der Waals surface area contributed by atoms with Crippen molar-refractivity contribution in [3.8, 4) is 5.75 Å². The summed E-state index contributed by atoms with van der Waals surface area (Å²) in [7, 11) is 1.64. The number of methoxy groups -OCH3 is 1. The molecule has 0 bridgehead atoms. The Bertz CT molecular complexity index is 616. The van der Waals surface area contributed by atoms with Crippen LogP contribution < -0.4 is 15.4 Å². The number of hydrogen-bond donors (Lipinski definition) is 2. The van der Waals surface area contributed by atoms with E-state index in [0.717, 1.165) is 17.0 Å². The Balaban J connectivity index is 1.96. The molecule has 2 aromatic rings. The quantitative estimate of drug-likeness (QED) is 0.840. The predicted molar refractivity (Wildman–Crippen MR) is 87.2 cm³/mol. The van der Waals surface area contributed by atoms with Crippen LogP contribution in [0.2, 0.25) is 0 Å². The lowest BCUT2D eigenvalue weighted by molar-refractivity contribution is 0.413. The van der Waals surface area contributed by atoms with Crippen LogP contribution in [0, 0.1) is 5.82 Å². The summed E-state index contributed by atoms with van der Waals surface area (Å²) in [4.78, 5) is 0. The normalized spacial score (nSPS) is 11.6. The van der Waals surface area contributed by atoms with Gasteiger partial charge in [0, 0.05) is 5.69 Å². The van der Waals surface area contributed by atoms with Crippen LogP contribution in [0.3, 0.4) is 0 Å². The van der Waals surface area contributed by atoms with Crippen molar-refractivity contribution in [2.24, 2.45) is 0 Å². The maximum atomic E-state index is 12.8. The Kier molecular flexibility index (Phi) is 5.11. The van der Waals surface area contributed by atoms with E-state index in [1.807, 2.05) is 31.2 Å². The van der Waals surface area contributed by atoms with Gasteiger partial charge < -0.3 is 15.4 Å². The van der Waals surface area contributed by atoms with Crippen molar-refractivity contribution >= 4 is 23.0 Å². The zero-order chi connectivity index (χ0) is 15.2. The predicted octanol–water partition coefficient (Wildman–Crippen LogP) is 3.88. The molecule has 0 aliphatic rings. The third-order valence-corrected chi connectivity index (χ3v) is 3.26. The van der Waals surface area contributed by atoms with Crippen LogP contribution in [-0.2, 0) is 0 Å². The van der Waals surface area contributed by atoms with E-state index in [0.29, 0.717) is 5.11 Å². The fourth-order valence-electron chi connectivity index (χ4n) is 1.89. The molecule has 0 spiro atoms. The van der Waals surface area contributed by atoms with Gasteiger partial charge in [-0.1, -0.05) is 12.1 Å². The first-order valence-corrected chi connectivity index (χ1v) is 6.96. The minimum absolute atomic E-state index is 0.0283. The van der Waals surface area contributed by atoms with Crippen molar-refractivity contribution < 1.29 is 9.13 Å². The number of ether oxygens (including phenoxy) is 1. The minimum atomic E-state index is -0.274. The molecule has 0 amide bonds. The molecule has 3 nitrogen and oxygen atoms in total. The Morgan fingerprint density at radius 2 is 1.90 bits per heavy atom. The van der Waals surface area contributed by atoms with Gasteiger partial charge in [-0.25, -0.2) is 4.39 Å². The first-order chi connectivity index (χ1) is 10.1. The highest BCUT2D eigenvalue weighted by Crippen LogP contribution is 2.19. The Morgan fingerprint density at radius 3 is 2.57 bits per heavy atom. The topological polar surface area (TPSA) is 33.3 Å². The monoisotopic (exact) mass is 304 g/mol. The third kappa shape index (κ3) is 4.43. The second-order valence-corrected chi connectivity index (χ2v) is 5.01. The van der Waals surface area contributed by atoms with Crippen LogP contribution in [0.15, 0.2) is 48.5 Å². The van der Waals surface area contributed by atoms with E-state index >= 15 is 0 Å². The number of anilines is 1. The molecule has 2 N–H and O–H groups in total. The number of halogens is 1. The van der Waals surface area contributed by atoms with Gasteiger partial charge in [0.05, 0.1) is 13.2 Å². The highest BCUT2D eigenvalue weighted by Gasteiger charge is 2.08. The number of nitrogens with one attached hydrogen (secondary N) is 2. The molecule has 0 radical (unpaired) electrons. The van der Waals surface area contributed by atoms with Gasteiger partial charge in [0.25, 0.3) is 0 Å². The summed E-state index contributed by atoms with van der Waals surface area (Å²) in [5.74, 6) is 0.530. The lowest BCUT2D eigenvalue weighted by atomic mass is 10.1. The molecular weight excluding hydrogens is 287 g/mol. The number of thiocarbonyl (C=S) groups is 1. The summed E-state index contributed by atoms with van der Waals surface area (Å²) >= 11 is 5.26. The molecule has 1 atom stereocenters. The molecule has 0 fully saturated rings. The fourth-order valence-corrected chi connectivity index (χ4v) is 2.19. The molecule has 0 saturated heterocycles. The van der Waals surface area contributed by atoms with Crippen LogP contribution in [0.5, 0.6) is 5.75 Å². The van der Waals surface area contributed by atoms with Crippen molar-refractivity contribution in [3.63, 3.8) is 0 Å². The highest BCUT2D eigenvalue weighted by atomic mass is 32.1. The van der Waals surface area contributed by atoms with E-state index in [4.69, 9.17) is 17.0 Å². The van der Waals surface area contributed by atoms with Gasteiger partial charge in [0.1, 0.15) is 11.6 Å². The molecule has 110 valence electrons. The van der Waals surface area contributed by atoms with Gasteiger partial charge >= 0.3 is 0 Å². The molecule has 21 heavy (non-hydrogen) atoms. The number of rotatable bonds is 4. The van der Waals surface area contributed by atoms with Crippen LogP contribution in [0.4, 0.5) is 10.1 Å². The average Bonchev–Trinajstić information content (AvgIpc) is 2.49. The van der Waals surface area contributed by atoms with Crippen molar-refractivity contribution in [2.75, 3.05) is 12.4 Å². The van der Waals surface area contributed by atoms with Gasteiger partial charge in [-0.3, -0.25) is 0 Å². The van der Waals surface area contributed by atoms with Gasteiger partial charge in [0.2, 0.25) is 0 Å². The third-order valence-electron chi connectivity index (χ3n) is 3.04. The van der Waals surface area contributed by atoms with Gasteiger partial charge in [-0.2, -0.15) is 0 Å². The molecule has 2 aromatic carbocycles. The maximum absolute atomic E-state index is 12.8. The van der Waals surface area contributed by atoms with E-state index in [9.17, 15) is 4.39 Å². The molecule has 0 aliphatic heterocycles. The van der Waals surface area contributed by atoms with Gasteiger partial charge in [-0.15, -0.1) is 0 Å². The highest BCUT2D eigenvalue weighted by molar-refractivity contribution is 7.80. The van der Waals surface area contributed by atoms with Crippen molar-refractivity contribution in [1.82, 2.24) is 5.32 Å². The lowest BCUT2D eigenvalue weighted by Crippen LogP contribution is -2.30. The number of hydrogen-bond acceptors (Lipinski definition) is 2. The van der Waals surface area contributed by atoms with E-state index in [2.05, 4.69) is 10.6 Å². The smallest absolute Gasteiger partial charge is 0.171 e. The standard InChI is InChI=1S/C16H17FN2OS/c1-11(12-4-3-5-15(10-12)20-2)18-16(21)19-14-8-6-13(17)7-9-14/h3-11H,1-2H3,(H2,18,19,21). The minimum Gasteiger partial charge on any atom is -0.497 e. The Labute approximate surface area is 129 Å². The summed E-state index contributed by atoms with van der Waals surface area (Å²) < 4.78 is 18.0. The summed E-state index contributed by atoms with van der Waals surface area (Å²) in [6.45, 7) is 2.01. The van der Waals surface area contributed by atoms with E-state index in [1.165, 1.54) is 12.1 Å². The largest absolute Gasteiger partial charge is 0.497 e. The second-order valence-electron chi connectivity index (χ2n) is 4.60. The molecular formula is C16H17FN2OS. The summed E-state index contributed by atoms with van der Waals surface area (Å²) in [6.07, 6.45) is 0. The van der Waals surface area contributed by atoms with Crippen LogP contribution >= 0.6 is 12.2 Å². The Morgan fingerprint density at radius 1 is 1.19 bits per heavy atom. The van der Waals surface area contributed by atoms with Gasteiger partial charge in [0.15, 0.2) is 5.11 Å². The zero-order valence-corrected chi connectivity index (χ0v) is 12.7. The zero-order valence-electron chi connectivity index (χ0n) is 11.9. The number of benzene rings is 2. The summed E-state index contributed by atoms with van der Waals surface area (Å²) in [5.41, 5.74) is 1.81. The first-order valence-electron chi connectivity index (χ1n) is 6.55. The maximum Gasteiger partial charge on any atom is 0.171 e. The van der Waals surface area contributed by atoms with Crippen LogP contribution in [0.1, 0.15) is 18.5 Å². The lowest BCUT2D eigenvalue weighted by Gasteiger charge is -2.18. The first kappa shape index (κ1) is 15.3. The van der Waals surface area contributed by atoms with E-state index in [1.54, 1.807) is 19.2 Å². The Hall–Kier alpha value is -2.14. The van der Waals surface area contributed by atoms with Crippen LogP contribution in [-0.4, -0.2) is 12.2 Å². The fraction of sp³-hybridized carbons (Fsp3) is 0.188. The second kappa shape index (κ2) is 7.04. The molecule has 5 heteroatoms. The summed E-state index contributed by atoms with van der Waals surface area (Å²) in [5, 5.41) is 6.69. The van der Waals surface area contributed by atoms with Crippen molar-refractivity contribution in [1.29, 1.82) is 0 Å².